The first-order chi connectivity index (χ1) is 15.7. The summed E-state index contributed by atoms with van der Waals surface area (Å²) < 4.78 is 41.1. The molecule has 2 aromatic heterocycles. The lowest BCUT2D eigenvalue weighted by molar-refractivity contribution is -0.137. The highest BCUT2D eigenvalue weighted by Crippen LogP contribution is 2.33. The molecule has 4 aromatic rings. The van der Waals surface area contributed by atoms with Crippen LogP contribution in [0.3, 0.4) is 0 Å². The van der Waals surface area contributed by atoms with Crippen molar-refractivity contribution in [2.24, 2.45) is 0 Å². The number of carbonyl (C=O) groups excluding carboxylic acids is 1. The summed E-state index contributed by atoms with van der Waals surface area (Å²) in [4.78, 5) is 16.9. The zero-order valence-corrected chi connectivity index (χ0v) is 17.7. The number of rotatable bonds is 5. The molecule has 0 spiro atoms. The second-order valence-corrected chi connectivity index (χ2v) is 7.29. The van der Waals surface area contributed by atoms with E-state index >= 15 is 0 Å². The van der Waals surface area contributed by atoms with Gasteiger partial charge in [-0.05, 0) is 55.0 Å². The van der Waals surface area contributed by atoms with E-state index < -0.39 is 17.6 Å². The molecular formula is C23H19F3N6O. The molecule has 7 nitrogen and oxygen atoms in total. The third-order valence-corrected chi connectivity index (χ3v) is 4.98. The number of alkyl halides is 3. The maximum absolute atomic E-state index is 13.2. The molecule has 0 aliphatic heterocycles. The number of nitrogens with zero attached hydrogens (tertiary/aromatic N) is 4. The van der Waals surface area contributed by atoms with Crippen molar-refractivity contribution in [3.8, 4) is 16.9 Å². The van der Waals surface area contributed by atoms with E-state index in [0.717, 1.165) is 23.3 Å². The van der Waals surface area contributed by atoms with Crippen molar-refractivity contribution in [1.82, 2.24) is 20.0 Å². The Balaban J connectivity index is 1.62. The van der Waals surface area contributed by atoms with Gasteiger partial charge in [0.2, 0.25) is 0 Å². The molecule has 33 heavy (non-hydrogen) atoms. The minimum atomic E-state index is -4.54. The lowest BCUT2D eigenvalue weighted by Gasteiger charge is -2.13. The number of hydrogen-bond donors (Lipinski definition) is 2. The second kappa shape index (κ2) is 8.73. The molecule has 0 radical (unpaired) electrons. The largest absolute Gasteiger partial charge is 0.416 e. The van der Waals surface area contributed by atoms with Gasteiger partial charge in [0, 0.05) is 41.9 Å². The summed E-state index contributed by atoms with van der Waals surface area (Å²) in [5.74, 6) is -0.551. The fourth-order valence-electron chi connectivity index (χ4n) is 3.24. The van der Waals surface area contributed by atoms with Crippen LogP contribution in [0.25, 0.3) is 16.9 Å². The molecule has 1 amide bonds. The summed E-state index contributed by atoms with van der Waals surface area (Å²) in [6, 6.07) is 11.9. The van der Waals surface area contributed by atoms with Gasteiger partial charge in [-0.1, -0.05) is 11.3 Å². The number of pyridine rings is 1. The summed E-state index contributed by atoms with van der Waals surface area (Å²) in [5, 5.41) is 13.5. The van der Waals surface area contributed by atoms with Crippen LogP contribution in [0.5, 0.6) is 0 Å². The molecule has 0 bridgehead atoms. The molecule has 0 atom stereocenters. The number of halogens is 3. The van der Waals surface area contributed by atoms with E-state index in [1.807, 2.05) is 13.0 Å². The van der Waals surface area contributed by atoms with Crippen LogP contribution in [0.15, 0.2) is 67.1 Å². The second-order valence-electron chi connectivity index (χ2n) is 7.29. The Bertz CT molecular complexity index is 1300. The van der Waals surface area contributed by atoms with Gasteiger partial charge in [0.25, 0.3) is 5.91 Å². The number of amides is 1. The number of benzene rings is 2. The Labute approximate surface area is 187 Å². The minimum absolute atomic E-state index is 0.0286. The number of aryl methyl sites for hydroxylation is 1. The van der Waals surface area contributed by atoms with Crippen molar-refractivity contribution in [3.05, 3.63) is 83.8 Å². The summed E-state index contributed by atoms with van der Waals surface area (Å²) in [5.41, 5.74) is 2.52. The fourth-order valence-corrected chi connectivity index (χ4v) is 3.24. The maximum Gasteiger partial charge on any atom is 0.416 e. The number of nitrogens with one attached hydrogen (secondary N) is 2. The van der Waals surface area contributed by atoms with Crippen molar-refractivity contribution >= 4 is 17.3 Å². The summed E-state index contributed by atoms with van der Waals surface area (Å²) >= 11 is 0. The average Bonchev–Trinajstić information content (AvgIpc) is 3.29. The lowest BCUT2D eigenvalue weighted by Crippen LogP contribution is -2.14. The van der Waals surface area contributed by atoms with E-state index in [1.165, 1.54) is 17.8 Å². The molecule has 2 heterocycles. The fraction of sp³-hybridized carbons (Fsp3) is 0.130. The van der Waals surface area contributed by atoms with Crippen LogP contribution in [-0.2, 0) is 6.18 Å². The number of carbonyl (C=O) groups is 1. The van der Waals surface area contributed by atoms with E-state index in [4.69, 9.17) is 0 Å². The van der Waals surface area contributed by atoms with Crippen molar-refractivity contribution in [2.75, 3.05) is 17.7 Å². The third kappa shape index (κ3) is 4.84. The van der Waals surface area contributed by atoms with Crippen molar-refractivity contribution in [2.45, 2.75) is 13.1 Å². The van der Waals surface area contributed by atoms with Gasteiger partial charge in [0.1, 0.15) is 5.69 Å². The monoisotopic (exact) mass is 452 g/mol. The minimum Gasteiger partial charge on any atom is -0.388 e. The van der Waals surface area contributed by atoms with Crippen LogP contribution in [0.1, 0.15) is 21.5 Å². The summed E-state index contributed by atoms with van der Waals surface area (Å²) in [7, 11) is 1.51. The van der Waals surface area contributed by atoms with Crippen LogP contribution >= 0.6 is 0 Å². The van der Waals surface area contributed by atoms with Gasteiger partial charge < -0.3 is 10.6 Å². The Morgan fingerprint density at radius 1 is 1.06 bits per heavy atom. The van der Waals surface area contributed by atoms with Gasteiger partial charge in [-0.15, -0.1) is 5.10 Å². The highest BCUT2D eigenvalue weighted by atomic mass is 19.4. The van der Waals surface area contributed by atoms with Gasteiger partial charge in [0.15, 0.2) is 0 Å². The number of anilines is 2. The Morgan fingerprint density at radius 2 is 1.85 bits per heavy atom. The van der Waals surface area contributed by atoms with Crippen LogP contribution < -0.4 is 10.6 Å². The smallest absolute Gasteiger partial charge is 0.388 e. The Hall–Kier alpha value is -4.21. The van der Waals surface area contributed by atoms with Crippen molar-refractivity contribution in [3.63, 3.8) is 0 Å². The predicted octanol–water partition coefficient (Wildman–Crippen LogP) is 4.95. The first kappa shape index (κ1) is 22.0. The van der Waals surface area contributed by atoms with Gasteiger partial charge in [-0.25, -0.2) is 4.68 Å². The van der Waals surface area contributed by atoms with E-state index in [2.05, 4.69) is 25.9 Å². The molecule has 0 saturated heterocycles. The molecule has 4 rings (SSSR count). The molecule has 0 unspecified atom stereocenters. The van der Waals surface area contributed by atoms with E-state index in [0.29, 0.717) is 11.4 Å². The van der Waals surface area contributed by atoms with Gasteiger partial charge >= 0.3 is 6.18 Å². The number of hydrogen-bond acceptors (Lipinski definition) is 5. The number of aromatic nitrogens is 4. The van der Waals surface area contributed by atoms with Gasteiger partial charge in [-0.2, -0.15) is 13.2 Å². The quantitative estimate of drug-likeness (QED) is 0.448. The van der Waals surface area contributed by atoms with E-state index in [-0.39, 0.29) is 16.9 Å². The molecule has 0 aliphatic rings. The highest BCUT2D eigenvalue weighted by Gasteiger charge is 2.31. The topological polar surface area (TPSA) is 84.7 Å². The van der Waals surface area contributed by atoms with Crippen LogP contribution in [0.2, 0.25) is 0 Å². The standard InChI is InChI=1S/C23H19F3N6O/c1-14-5-6-15(8-21(14)32-13-20(30-31-32)16-4-3-7-28-12-16)22(33)29-19-10-17(23(24,25)26)9-18(11-19)27-2/h3-13,27H,1-2H3,(H,29,33). The normalized spacial score (nSPS) is 11.3. The maximum atomic E-state index is 13.2. The lowest BCUT2D eigenvalue weighted by atomic mass is 10.1. The molecular weight excluding hydrogens is 433 g/mol. The average molecular weight is 452 g/mol. The third-order valence-electron chi connectivity index (χ3n) is 4.98. The van der Waals surface area contributed by atoms with E-state index in [9.17, 15) is 18.0 Å². The van der Waals surface area contributed by atoms with Gasteiger partial charge in [0.05, 0.1) is 17.4 Å². The molecule has 0 fully saturated rings. The first-order valence-electron chi connectivity index (χ1n) is 9.90. The molecule has 0 aliphatic carbocycles. The first-order valence-corrected chi connectivity index (χ1v) is 9.90. The molecule has 2 aromatic carbocycles. The van der Waals surface area contributed by atoms with Crippen LogP contribution in [-0.4, -0.2) is 32.9 Å². The van der Waals surface area contributed by atoms with Crippen molar-refractivity contribution in [1.29, 1.82) is 0 Å². The van der Waals surface area contributed by atoms with Crippen molar-refractivity contribution < 1.29 is 18.0 Å². The predicted molar refractivity (Wildman–Crippen MR) is 118 cm³/mol. The summed E-state index contributed by atoms with van der Waals surface area (Å²) in [6.45, 7) is 1.86. The zero-order valence-electron chi connectivity index (χ0n) is 17.7. The van der Waals surface area contributed by atoms with Crippen LogP contribution in [0.4, 0.5) is 24.5 Å². The zero-order chi connectivity index (χ0) is 23.6. The summed E-state index contributed by atoms with van der Waals surface area (Å²) in [6.07, 6.45) is 0.499. The molecule has 168 valence electrons. The Kier molecular flexibility index (Phi) is 5.82. The van der Waals surface area contributed by atoms with Gasteiger partial charge in [-0.3, -0.25) is 9.78 Å². The van der Waals surface area contributed by atoms with E-state index in [1.54, 1.807) is 42.9 Å². The Morgan fingerprint density at radius 3 is 2.55 bits per heavy atom. The molecule has 0 saturated carbocycles. The van der Waals surface area contributed by atoms with Crippen LogP contribution in [0, 0.1) is 6.92 Å². The molecule has 10 heteroatoms. The SMILES string of the molecule is CNc1cc(NC(=O)c2ccc(C)c(-n3cc(-c4cccnc4)nn3)c2)cc(C(F)(F)F)c1. The molecule has 2 N–H and O–H groups in total. The highest BCUT2D eigenvalue weighted by molar-refractivity contribution is 6.05.